The van der Waals surface area contributed by atoms with E-state index < -0.39 is 0 Å². The van der Waals surface area contributed by atoms with Crippen molar-refractivity contribution >= 4 is 5.91 Å². The Kier molecular flexibility index (Phi) is 4.60. The Balaban J connectivity index is 1.28. The molecule has 0 bridgehead atoms. The summed E-state index contributed by atoms with van der Waals surface area (Å²) in [6.07, 6.45) is 7.47. The molecule has 0 unspecified atom stereocenters. The van der Waals surface area contributed by atoms with Crippen molar-refractivity contribution in [1.82, 2.24) is 19.8 Å². The molecule has 3 aliphatic heterocycles. The normalized spacial score (nSPS) is 25.8. The van der Waals surface area contributed by atoms with Crippen molar-refractivity contribution in [3.8, 4) is 5.88 Å². The third-order valence-corrected chi connectivity index (χ3v) is 5.31. The van der Waals surface area contributed by atoms with Crippen molar-refractivity contribution in [3.05, 3.63) is 18.1 Å². The largest absolute Gasteiger partial charge is 0.473 e. The predicted molar refractivity (Wildman–Crippen MR) is 91.4 cm³/mol. The molecule has 7 nitrogen and oxygen atoms in total. The van der Waals surface area contributed by atoms with Crippen LogP contribution in [-0.4, -0.2) is 76.7 Å². The van der Waals surface area contributed by atoms with Gasteiger partial charge >= 0.3 is 0 Å². The van der Waals surface area contributed by atoms with E-state index in [1.54, 1.807) is 12.4 Å². The first kappa shape index (κ1) is 16.7. The lowest BCUT2D eigenvalue weighted by atomic mass is 9.84. The van der Waals surface area contributed by atoms with Crippen molar-refractivity contribution < 1.29 is 14.3 Å². The van der Waals surface area contributed by atoms with Gasteiger partial charge in [-0.3, -0.25) is 14.7 Å². The van der Waals surface area contributed by atoms with E-state index in [-0.39, 0.29) is 17.6 Å². The number of nitrogens with zero attached hydrogens (tertiary/aromatic N) is 4. The van der Waals surface area contributed by atoms with E-state index >= 15 is 0 Å². The summed E-state index contributed by atoms with van der Waals surface area (Å²) in [6.45, 7) is 6.58. The Hall–Kier alpha value is -1.73. The lowest BCUT2D eigenvalue weighted by Crippen LogP contribution is -2.67. The second kappa shape index (κ2) is 6.88. The van der Waals surface area contributed by atoms with E-state index in [2.05, 4.69) is 14.9 Å². The van der Waals surface area contributed by atoms with E-state index in [9.17, 15) is 4.79 Å². The lowest BCUT2D eigenvalue weighted by molar-refractivity contribution is -0.188. The Bertz CT molecular complexity index is 627. The van der Waals surface area contributed by atoms with Gasteiger partial charge in [-0.05, 0) is 19.8 Å². The minimum Gasteiger partial charge on any atom is -0.473 e. The van der Waals surface area contributed by atoms with Gasteiger partial charge in [-0.15, -0.1) is 0 Å². The number of carbonyl (C=O) groups excluding carboxylic acids is 1. The van der Waals surface area contributed by atoms with Crippen molar-refractivity contribution in [2.45, 2.75) is 44.3 Å². The lowest BCUT2D eigenvalue weighted by Gasteiger charge is -2.52. The quantitative estimate of drug-likeness (QED) is 0.811. The molecule has 1 atom stereocenters. The molecule has 0 N–H and O–H groups in total. The number of hydrogen-bond donors (Lipinski definition) is 0. The highest BCUT2D eigenvalue weighted by Crippen LogP contribution is 2.35. The zero-order valence-electron chi connectivity index (χ0n) is 14.8. The topological polar surface area (TPSA) is 67.8 Å². The van der Waals surface area contributed by atoms with Crippen LogP contribution in [0.15, 0.2) is 12.4 Å². The zero-order valence-corrected chi connectivity index (χ0v) is 14.8. The Morgan fingerprint density at radius 2 is 2.16 bits per heavy atom. The van der Waals surface area contributed by atoms with Crippen LogP contribution in [0, 0.1) is 6.92 Å². The van der Waals surface area contributed by atoms with Gasteiger partial charge in [0.2, 0.25) is 11.8 Å². The van der Waals surface area contributed by atoms with E-state index in [1.807, 2.05) is 11.8 Å². The first-order chi connectivity index (χ1) is 12.1. The number of hydrogen-bond acceptors (Lipinski definition) is 6. The summed E-state index contributed by atoms with van der Waals surface area (Å²) >= 11 is 0. The van der Waals surface area contributed by atoms with Crippen LogP contribution in [0.1, 0.15) is 31.4 Å². The minimum absolute atomic E-state index is 0.0984. The van der Waals surface area contributed by atoms with Gasteiger partial charge in [0.1, 0.15) is 6.10 Å². The average Bonchev–Trinajstić information content (AvgIpc) is 3.08. The van der Waals surface area contributed by atoms with Crippen LogP contribution in [0.25, 0.3) is 0 Å². The first-order valence-electron chi connectivity index (χ1n) is 9.21. The summed E-state index contributed by atoms with van der Waals surface area (Å²) in [6, 6.07) is 0. The number of ether oxygens (including phenoxy) is 2. The zero-order chi connectivity index (χ0) is 17.3. The van der Waals surface area contributed by atoms with E-state index in [4.69, 9.17) is 9.47 Å². The first-order valence-corrected chi connectivity index (χ1v) is 9.21. The number of amides is 1. The van der Waals surface area contributed by atoms with Crippen LogP contribution in [0.3, 0.4) is 0 Å². The average molecular weight is 346 g/mol. The molecular formula is C18H26N4O3. The Morgan fingerprint density at radius 3 is 2.92 bits per heavy atom. The van der Waals surface area contributed by atoms with E-state index in [0.29, 0.717) is 19.0 Å². The fourth-order valence-electron chi connectivity index (χ4n) is 4.11. The fourth-order valence-corrected chi connectivity index (χ4v) is 4.11. The highest BCUT2D eigenvalue weighted by Gasteiger charge is 2.48. The summed E-state index contributed by atoms with van der Waals surface area (Å²) in [7, 11) is 0. The molecule has 4 rings (SSSR count). The molecule has 3 aliphatic rings. The van der Waals surface area contributed by atoms with Crippen LogP contribution in [0.2, 0.25) is 0 Å². The fraction of sp³-hybridized carbons (Fsp3) is 0.722. The number of likely N-dealkylation sites (tertiary alicyclic amines) is 2. The highest BCUT2D eigenvalue weighted by molar-refractivity contribution is 5.78. The van der Waals surface area contributed by atoms with Crippen LogP contribution < -0.4 is 4.74 Å². The van der Waals surface area contributed by atoms with Crippen molar-refractivity contribution in [2.24, 2.45) is 0 Å². The second-order valence-corrected chi connectivity index (χ2v) is 7.50. The van der Waals surface area contributed by atoms with E-state index in [1.165, 1.54) is 0 Å². The van der Waals surface area contributed by atoms with Gasteiger partial charge in [-0.25, -0.2) is 4.98 Å². The summed E-state index contributed by atoms with van der Waals surface area (Å²) in [5.41, 5.74) is 0.695. The smallest absolute Gasteiger partial charge is 0.236 e. The maximum Gasteiger partial charge on any atom is 0.236 e. The predicted octanol–water partition coefficient (Wildman–Crippen LogP) is 1.02. The molecule has 136 valence electrons. The highest BCUT2D eigenvalue weighted by atomic mass is 16.5. The molecule has 4 heterocycles. The standard InChI is InChI=1S/C18H26N4O3/c1-14-9-19-10-16(20-14)25-15-4-7-24-18(8-15)12-21(13-18)11-17(23)22-5-2-3-6-22/h9-10,15H,2-8,11-13H2,1H3/t15-/m0/s1. The molecule has 0 aliphatic carbocycles. The third-order valence-electron chi connectivity index (χ3n) is 5.31. The maximum atomic E-state index is 12.3. The third kappa shape index (κ3) is 3.77. The number of aryl methyl sites for hydroxylation is 1. The molecule has 0 aromatic carbocycles. The summed E-state index contributed by atoms with van der Waals surface area (Å²) in [4.78, 5) is 24.9. The molecule has 1 aromatic rings. The van der Waals surface area contributed by atoms with Crippen LogP contribution in [0.5, 0.6) is 5.88 Å². The van der Waals surface area contributed by atoms with Gasteiger partial charge in [0.25, 0.3) is 0 Å². The molecule has 25 heavy (non-hydrogen) atoms. The minimum atomic E-state index is -0.161. The van der Waals surface area contributed by atoms with Crippen molar-refractivity contribution in [1.29, 1.82) is 0 Å². The van der Waals surface area contributed by atoms with E-state index in [0.717, 1.165) is 57.6 Å². The molecule has 1 aromatic heterocycles. The molecule has 0 saturated carbocycles. The molecule has 0 radical (unpaired) electrons. The van der Waals surface area contributed by atoms with Gasteiger partial charge in [0, 0.05) is 45.2 Å². The summed E-state index contributed by atoms with van der Waals surface area (Å²) in [5.74, 6) is 0.841. The van der Waals surface area contributed by atoms with Crippen LogP contribution >= 0.6 is 0 Å². The van der Waals surface area contributed by atoms with Gasteiger partial charge < -0.3 is 14.4 Å². The molecule has 7 heteroatoms. The van der Waals surface area contributed by atoms with Crippen LogP contribution in [0.4, 0.5) is 0 Å². The molecule has 1 amide bonds. The number of aromatic nitrogens is 2. The Morgan fingerprint density at radius 1 is 1.36 bits per heavy atom. The van der Waals surface area contributed by atoms with Gasteiger partial charge in [-0.1, -0.05) is 0 Å². The van der Waals surface area contributed by atoms with Crippen molar-refractivity contribution in [3.63, 3.8) is 0 Å². The van der Waals surface area contributed by atoms with Gasteiger partial charge in [-0.2, -0.15) is 0 Å². The monoisotopic (exact) mass is 346 g/mol. The summed E-state index contributed by atoms with van der Waals surface area (Å²) in [5, 5.41) is 0. The summed E-state index contributed by atoms with van der Waals surface area (Å²) < 4.78 is 12.1. The van der Waals surface area contributed by atoms with Gasteiger partial charge in [0.05, 0.1) is 30.6 Å². The van der Waals surface area contributed by atoms with Crippen LogP contribution in [-0.2, 0) is 9.53 Å². The second-order valence-electron chi connectivity index (χ2n) is 7.50. The molecule has 3 fully saturated rings. The number of rotatable bonds is 4. The molecule has 3 saturated heterocycles. The Labute approximate surface area is 148 Å². The van der Waals surface area contributed by atoms with Crippen molar-refractivity contribution in [2.75, 3.05) is 39.3 Å². The number of carbonyl (C=O) groups is 1. The SMILES string of the molecule is Cc1cncc(O[C@H]2CCOC3(C2)CN(CC(=O)N2CCCC2)C3)n1. The van der Waals surface area contributed by atoms with Gasteiger partial charge in [0.15, 0.2) is 0 Å². The molecule has 1 spiro atoms. The maximum absolute atomic E-state index is 12.3. The molecular weight excluding hydrogens is 320 g/mol.